The zero-order valence-electron chi connectivity index (χ0n) is 17.3. The van der Waals surface area contributed by atoms with Crippen LogP contribution in [0.1, 0.15) is 25.7 Å². The van der Waals surface area contributed by atoms with Crippen LogP contribution in [0.3, 0.4) is 0 Å². The number of para-hydroxylation sites is 1. The Kier molecular flexibility index (Phi) is 7.56. The Morgan fingerprint density at radius 2 is 1.71 bits per heavy atom. The molecule has 0 atom stereocenters. The molecule has 1 fully saturated rings. The lowest BCUT2D eigenvalue weighted by molar-refractivity contribution is -0.131. The molecule has 7 nitrogen and oxygen atoms in total. The van der Waals surface area contributed by atoms with Crippen molar-refractivity contribution in [2.24, 2.45) is 0 Å². The molecule has 0 unspecified atom stereocenters. The van der Waals surface area contributed by atoms with Gasteiger partial charge in [0.15, 0.2) is 9.84 Å². The number of anilines is 2. The lowest BCUT2D eigenvalue weighted by atomic mass is 10.3. The molecule has 31 heavy (non-hydrogen) atoms. The van der Waals surface area contributed by atoms with Crippen molar-refractivity contribution in [2.75, 3.05) is 30.8 Å². The summed E-state index contributed by atoms with van der Waals surface area (Å²) < 4.78 is 25.3. The van der Waals surface area contributed by atoms with E-state index in [1.54, 1.807) is 48.5 Å². The summed E-state index contributed by atoms with van der Waals surface area (Å²) in [6.07, 6.45) is 3.34. The van der Waals surface area contributed by atoms with Gasteiger partial charge in [0.25, 0.3) is 0 Å². The van der Waals surface area contributed by atoms with E-state index in [1.165, 1.54) is 11.9 Å². The summed E-state index contributed by atoms with van der Waals surface area (Å²) in [5, 5.41) is 5.77. The molecule has 0 heterocycles. The maximum Gasteiger partial charge on any atom is 0.244 e. The molecule has 2 amide bonds. The van der Waals surface area contributed by atoms with Gasteiger partial charge in [-0.15, -0.1) is 0 Å². The van der Waals surface area contributed by atoms with Crippen LogP contribution in [0.25, 0.3) is 0 Å². The first kappa shape index (κ1) is 23.1. The van der Waals surface area contributed by atoms with Crippen LogP contribution >= 0.6 is 11.6 Å². The Labute approximate surface area is 187 Å². The molecule has 1 saturated carbocycles. The first-order valence-corrected chi connectivity index (χ1v) is 12.1. The molecular weight excluding hydrogens is 438 g/mol. The summed E-state index contributed by atoms with van der Waals surface area (Å²) in [7, 11) is -1.76. The van der Waals surface area contributed by atoms with Gasteiger partial charge < -0.3 is 15.5 Å². The quantitative estimate of drug-likeness (QED) is 0.624. The van der Waals surface area contributed by atoms with Gasteiger partial charge in [-0.05, 0) is 49.2 Å². The minimum atomic E-state index is -3.30. The maximum absolute atomic E-state index is 12.6. The maximum atomic E-state index is 12.6. The molecule has 9 heteroatoms. The summed E-state index contributed by atoms with van der Waals surface area (Å²) in [5.74, 6) is -0.637. The predicted octanol–water partition coefficient (Wildman–Crippen LogP) is 3.57. The van der Waals surface area contributed by atoms with Crippen molar-refractivity contribution >= 4 is 44.6 Å². The summed E-state index contributed by atoms with van der Waals surface area (Å²) >= 11 is 6.02. The van der Waals surface area contributed by atoms with Gasteiger partial charge in [0.2, 0.25) is 11.8 Å². The standard InChI is InChI=1S/C22H26ClN3O4S/c1-26(15-21(27)25-20-9-5-4-8-19(20)23)22(28)14-24-16-10-12-18(13-11-16)31(29,30)17-6-2-3-7-17/h4-5,8-13,17,24H,2-3,6-7,14-15H2,1H3,(H,25,27). The number of sulfone groups is 1. The third kappa shape index (κ3) is 5.98. The number of nitrogens with zero attached hydrogens (tertiary/aromatic N) is 1. The summed E-state index contributed by atoms with van der Waals surface area (Å²) in [5.41, 5.74) is 1.12. The van der Waals surface area contributed by atoms with E-state index in [0.717, 1.165) is 12.8 Å². The Balaban J connectivity index is 1.49. The largest absolute Gasteiger partial charge is 0.376 e. The van der Waals surface area contributed by atoms with Crippen molar-refractivity contribution in [3.8, 4) is 0 Å². The molecule has 2 aromatic carbocycles. The van der Waals surface area contributed by atoms with Crippen molar-refractivity contribution < 1.29 is 18.0 Å². The highest BCUT2D eigenvalue weighted by Crippen LogP contribution is 2.30. The number of hydrogen-bond donors (Lipinski definition) is 2. The van der Waals surface area contributed by atoms with Crippen molar-refractivity contribution in [2.45, 2.75) is 35.8 Å². The first-order valence-electron chi connectivity index (χ1n) is 10.1. The van der Waals surface area contributed by atoms with E-state index in [4.69, 9.17) is 11.6 Å². The highest BCUT2D eigenvalue weighted by molar-refractivity contribution is 7.92. The number of hydrogen-bond acceptors (Lipinski definition) is 5. The normalized spacial score (nSPS) is 14.3. The number of amides is 2. The predicted molar refractivity (Wildman–Crippen MR) is 122 cm³/mol. The lowest BCUT2D eigenvalue weighted by Crippen LogP contribution is -2.38. The molecule has 0 bridgehead atoms. The topological polar surface area (TPSA) is 95.6 Å². The summed E-state index contributed by atoms with van der Waals surface area (Å²) in [6, 6.07) is 13.3. The van der Waals surface area contributed by atoms with E-state index in [2.05, 4.69) is 10.6 Å². The number of benzene rings is 2. The van der Waals surface area contributed by atoms with Crippen LogP contribution in [-0.2, 0) is 19.4 Å². The molecule has 0 spiro atoms. The van der Waals surface area contributed by atoms with Crippen LogP contribution in [0, 0.1) is 0 Å². The molecule has 1 aliphatic rings. The van der Waals surface area contributed by atoms with Gasteiger partial charge in [-0.3, -0.25) is 9.59 Å². The second-order valence-corrected chi connectivity index (χ2v) is 10.2. The second-order valence-electron chi connectivity index (χ2n) is 7.61. The smallest absolute Gasteiger partial charge is 0.244 e. The van der Waals surface area contributed by atoms with Crippen LogP contribution in [0.5, 0.6) is 0 Å². The fourth-order valence-electron chi connectivity index (χ4n) is 3.52. The third-order valence-electron chi connectivity index (χ3n) is 5.32. The number of rotatable bonds is 8. The van der Waals surface area contributed by atoms with E-state index in [-0.39, 0.29) is 30.2 Å². The number of halogens is 1. The van der Waals surface area contributed by atoms with Gasteiger partial charge in [0.1, 0.15) is 0 Å². The highest BCUT2D eigenvalue weighted by Gasteiger charge is 2.30. The van der Waals surface area contributed by atoms with Crippen LogP contribution in [-0.4, -0.2) is 50.5 Å². The average molecular weight is 464 g/mol. The van der Waals surface area contributed by atoms with Crippen molar-refractivity contribution in [1.29, 1.82) is 0 Å². The van der Waals surface area contributed by atoms with Gasteiger partial charge in [-0.25, -0.2) is 8.42 Å². The number of carbonyl (C=O) groups excluding carboxylic acids is 2. The molecule has 2 N–H and O–H groups in total. The van der Waals surface area contributed by atoms with Crippen molar-refractivity contribution in [3.63, 3.8) is 0 Å². The summed E-state index contributed by atoms with van der Waals surface area (Å²) in [6.45, 7) is -0.144. The molecule has 2 aromatic rings. The van der Waals surface area contributed by atoms with Gasteiger partial charge >= 0.3 is 0 Å². The minimum Gasteiger partial charge on any atom is -0.376 e. The molecular formula is C22H26ClN3O4S. The summed E-state index contributed by atoms with van der Waals surface area (Å²) in [4.78, 5) is 26.1. The van der Waals surface area contributed by atoms with Gasteiger partial charge in [0.05, 0.1) is 33.9 Å². The molecule has 0 aromatic heterocycles. The third-order valence-corrected chi connectivity index (χ3v) is 7.93. The van der Waals surface area contributed by atoms with E-state index in [0.29, 0.717) is 34.1 Å². The monoisotopic (exact) mass is 463 g/mol. The molecule has 3 rings (SSSR count). The Bertz CT molecular complexity index is 1030. The number of carbonyl (C=O) groups is 2. The molecule has 0 aliphatic heterocycles. The second kappa shape index (κ2) is 10.2. The average Bonchev–Trinajstić information content (AvgIpc) is 3.30. The van der Waals surface area contributed by atoms with Crippen LogP contribution in [0.4, 0.5) is 11.4 Å². The van der Waals surface area contributed by atoms with Crippen LogP contribution in [0.2, 0.25) is 5.02 Å². The van der Waals surface area contributed by atoms with Gasteiger partial charge in [-0.1, -0.05) is 36.6 Å². The number of nitrogens with one attached hydrogen (secondary N) is 2. The fraction of sp³-hybridized carbons (Fsp3) is 0.364. The van der Waals surface area contributed by atoms with E-state index in [1.807, 2.05) is 0 Å². The highest BCUT2D eigenvalue weighted by atomic mass is 35.5. The zero-order chi connectivity index (χ0) is 22.4. The number of likely N-dealkylation sites (N-methyl/N-ethyl adjacent to an activating group) is 1. The van der Waals surface area contributed by atoms with E-state index >= 15 is 0 Å². The lowest BCUT2D eigenvalue weighted by Gasteiger charge is -2.18. The zero-order valence-corrected chi connectivity index (χ0v) is 18.9. The van der Waals surface area contributed by atoms with Crippen LogP contribution < -0.4 is 10.6 Å². The molecule has 1 aliphatic carbocycles. The molecule has 0 radical (unpaired) electrons. The molecule has 0 saturated heterocycles. The Morgan fingerprint density at radius 1 is 1.06 bits per heavy atom. The first-order chi connectivity index (χ1) is 14.8. The van der Waals surface area contributed by atoms with E-state index in [9.17, 15) is 18.0 Å². The van der Waals surface area contributed by atoms with Gasteiger partial charge in [0, 0.05) is 12.7 Å². The van der Waals surface area contributed by atoms with Crippen LogP contribution in [0.15, 0.2) is 53.4 Å². The Hall–Kier alpha value is -2.58. The fourth-order valence-corrected chi connectivity index (χ4v) is 5.56. The minimum absolute atomic E-state index is 0.0232. The van der Waals surface area contributed by atoms with E-state index < -0.39 is 9.84 Å². The van der Waals surface area contributed by atoms with Crippen molar-refractivity contribution in [3.05, 3.63) is 53.6 Å². The van der Waals surface area contributed by atoms with Gasteiger partial charge in [-0.2, -0.15) is 0 Å². The SMILES string of the molecule is CN(CC(=O)Nc1ccccc1Cl)C(=O)CNc1ccc(S(=O)(=O)C2CCCC2)cc1. The van der Waals surface area contributed by atoms with Crippen molar-refractivity contribution in [1.82, 2.24) is 4.90 Å². The Morgan fingerprint density at radius 3 is 2.35 bits per heavy atom. The molecule has 166 valence electrons.